The van der Waals surface area contributed by atoms with Gasteiger partial charge in [0.2, 0.25) is 0 Å². The molecule has 1 N–H and O–H groups in total. The lowest BCUT2D eigenvalue weighted by atomic mass is 10.1. The third-order valence-electron chi connectivity index (χ3n) is 1.66. The van der Waals surface area contributed by atoms with Gasteiger partial charge in [-0.15, -0.1) is 0 Å². The highest BCUT2D eigenvalue weighted by atomic mass is 16.6. The van der Waals surface area contributed by atoms with Crippen LogP contribution in [-0.4, -0.2) is 18.5 Å². The quantitative estimate of drug-likeness (QED) is 0.530. The minimum absolute atomic E-state index is 0.363. The van der Waals surface area contributed by atoms with E-state index in [1.807, 2.05) is 0 Å². The Morgan fingerprint density at radius 2 is 2.00 bits per heavy atom. The molecular weight excluding hydrogens is 156 g/mol. The summed E-state index contributed by atoms with van der Waals surface area (Å²) >= 11 is 0. The molecule has 1 unspecified atom stereocenters. The smallest absolute Gasteiger partial charge is 0.250 e. The molecule has 0 fully saturated rings. The number of aliphatic hydroxyl groups is 1. The van der Waals surface area contributed by atoms with Crippen molar-refractivity contribution in [2.75, 3.05) is 7.11 Å². The molecule has 1 atom stereocenters. The summed E-state index contributed by atoms with van der Waals surface area (Å²) in [5.74, 6) is -1.80. The van der Waals surface area contributed by atoms with Gasteiger partial charge >= 0.3 is 0 Å². The van der Waals surface area contributed by atoms with E-state index in [1.54, 1.807) is 30.3 Å². The Hall–Kier alpha value is -1.19. The molecule has 64 valence electrons. The summed E-state index contributed by atoms with van der Waals surface area (Å²) in [6.45, 7) is 0. The normalized spacial score (nSPS) is 15.2. The van der Waals surface area contributed by atoms with Crippen LogP contribution < -0.4 is 0 Å². The van der Waals surface area contributed by atoms with Crippen molar-refractivity contribution < 1.29 is 14.6 Å². The van der Waals surface area contributed by atoms with Crippen LogP contribution in [0.2, 0.25) is 0 Å². The van der Waals surface area contributed by atoms with Crippen molar-refractivity contribution in [2.24, 2.45) is 0 Å². The predicted octanol–water partition coefficient (Wildman–Crippen LogP) is 0.677. The third kappa shape index (κ3) is 1.52. The summed E-state index contributed by atoms with van der Waals surface area (Å²) in [6.07, 6.45) is 0.363. The number of carbonyl (C=O) groups is 1. The van der Waals surface area contributed by atoms with Crippen LogP contribution in [-0.2, 0) is 15.3 Å². The number of methoxy groups -OCH3 is 1. The van der Waals surface area contributed by atoms with Crippen molar-refractivity contribution in [1.82, 2.24) is 0 Å². The number of hydrogen-bond donors (Lipinski definition) is 1. The average Bonchev–Trinajstić information content (AvgIpc) is 2.18. The number of hydrogen-bond acceptors (Lipinski definition) is 3. The van der Waals surface area contributed by atoms with Crippen molar-refractivity contribution in [3.63, 3.8) is 0 Å². The van der Waals surface area contributed by atoms with E-state index in [1.165, 1.54) is 7.11 Å². The van der Waals surface area contributed by atoms with E-state index in [4.69, 9.17) is 0 Å². The lowest BCUT2D eigenvalue weighted by Gasteiger charge is -2.19. The number of benzene rings is 1. The minimum Gasteiger partial charge on any atom is -0.356 e. The topological polar surface area (TPSA) is 46.5 Å². The van der Waals surface area contributed by atoms with Crippen molar-refractivity contribution in [3.05, 3.63) is 35.9 Å². The second-order valence-corrected chi connectivity index (χ2v) is 2.38. The fraction of sp³-hybridized carbons (Fsp3) is 0.222. The number of rotatable bonds is 3. The molecule has 0 radical (unpaired) electrons. The van der Waals surface area contributed by atoms with Crippen LogP contribution >= 0.6 is 0 Å². The van der Waals surface area contributed by atoms with Crippen LogP contribution in [0.5, 0.6) is 0 Å². The molecule has 0 heterocycles. The SMILES string of the molecule is COC(O)(C=O)c1ccccc1. The van der Waals surface area contributed by atoms with Gasteiger partial charge in [0.05, 0.1) is 0 Å². The van der Waals surface area contributed by atoms with Gasteiger partial charge in [-0.05, 0) is 0 Å². The Balaban J connectivity index is 3.03. The van der Waals surface area contributed by atoms with Gasteiger partial charge < -0.3 is 9.84 Å². The molecule has 0 spiro atoms. The van der Waals surface area contributed by atoms with Crippen LogP contribution in [0, 0.1) is 0 Å². The molecule has 0 amide bonds. The van der Waals surface area contributed by atoms with Crippen LogP contribution in [0.4, 0.5) is 0 Å². The molecule has 0 saturated carbocycles. The lowest BCUT2D eigenvalue weighted by Crippen LogP contribution is -2.29. The van der Waals surface area contributed by atoms with E-state index in [2.05, 4.69) is 4.74 Å². The zero-order valence-corrected chi connectivity index (χ0v) is 6.73. The fourth-order valence-corrected chi connectivity index (χ4v) is 0.911. The van der Waals surface area contributed by atoms with E-state index in [-0.39, 0.29) is 0 Å². The molecule has 12 heavy (non-hydrogen) atoms. The van der Waals surface area contributed by atoms with Gasteiger partial charge in [0.1, 0.15) is 0 Å². The molecule has 1 aromatic rings. The molecule has 0 aromatic heterocycles. The molecular formula is C9H10O3. The van der Waals surface area contributed by atoms with Crippen molar-refractivity contribution >= 4 is 6.29 Å². The van der Waals surface area contributed by atoms with E-state index in [0.29, 0.717) is 11.8 Å². The van der Waals surface area contributed by atoms with Crippen molar-refractivity contribution in [1.29, 1.82) is 0 Å². The van der Waals surface area contributed by atoms with Gasteiger partial charge in [-0.25, -0.2) is 0 Å². The molecule has 1 rings (SSSR count). The Morgan fingerprint density at radius 1 is 1.42 bits per heavy atom. The second-order valence-electron chi connectivity index (χ2n) is 2.38. The maximum atomic E-state index is 10.5. The minimum atomic E-state index is -1.80. The van der Waals surface area contributed by atoms with E-state index < -0.39 is 5.79 Å². The van der Waals surface area contributed by atoms with E-state index in [0.717, 1.165) is 0 Å². The van der Waals surface area contributed by atoms with Crippen molar-refractivity contribution in [3.8, 4) is 0 Å². The average molecular weight is 166 g/mol. The van der Waals surface area contributed by atoms with E-state index >= 15 is 0 Å². The summed E-state index contributed by atoms with van der Waals surface area (Å²) in [4.78, 5) is 10.5. The predicted molar refractivity (Wildman–Crippen MR) is 43.4 cm³/mol. The molecule has 1 aromatic carbocycles. The molecule has 3 heteroatoms. The Labute approximate surface area is 70.6 Å². The highest BCUT2D eigenvalue weighted by Gasteiger charge is 2.27. The molecule has 0 aliphatic heterocycles. The van der Waals surface area contributed by atoms with Crippen LogP contribution in [0.3, 0.4) is 0 Å². The Morgan fingerprint density at radius 3 is 2.42 bits per heavy atom. The van der Waals surface area contributed by atoms with Crippen LogP contribution in [0.15, 0.2) is 30.3 Å². The number of carbonyl (C=O) groups excluding carboxylic acids is 1. The van der Waals surface area contributed by atoms with Gasteiger partial charge in [-0.1, -0.05) is 30.3 Å². The summed E-state index contributed by atoms with van der Waals surface area (Å²) in [7, 11) is 1.28. The number of ether oxygens (including phenoxy) is 1. The maximum Gasteiger partial charge on any atom is 0.250 e. The van der Waals surface area contributed by atoms with Crippen molar-refractivity contribution in [2.45, 2.75) is 5.79 Å². The van der Waals surface area contributed by atoms with Gasteiger partial charge in [0.25, 0.3) is 5.79 Å². The highest BCUT2D eigenvalue weighted by Crippen LogP contribution is 2.18. The van der Waals surface area contributed by atoms with Crippen LogP contribution in [0.1, 0.15) is 5.56 Å². The lowest BCUT2D eigenvalue weighted by molar-refractivity contribution is -0.187. The summed E-state index contributed by atoms with van der Waals surface area (Å²) in [5.41, 5.74) is 0.433. The standard InChI is InChI=1S/C9H10O3/c1-12-9(11,7-10)8-5-3-2-4-6-8/h2-7,11H,1H3. The Kier molecular flexibility index (Phi) is 2.58. The van der Waals surface area contributed by atoms with Gasteiger partial charge in [-0.2, -0.15) is 0 Å². The molecule has 0 aliphatic rings. The third-order valence-corrected chi connectivity index (χ3v) is 1.66. The molecule has 0 aliphatic carbocycles. The maximum absolute atomic E-state index is 10.5. The van der Waals surface area contributed by atoms with E-state index in [9.17, 15) is 9.90 Å². The first kappa shape index (κ1) is 8.90. The summed E-state index contributed by atoms with van der Waals surface area (Å²) in [5, 5.41) is 9.51. The first-order valence-corrected chi connectivity index (χ1v) is 3.52. The summed E-state index contributed by atoms with van der Waals surface area (Å²) in [6, 6.07) is 8.49. The van der Waals surface area contributed by atoms with Crippen LogP contribution in [0.25, 0.3) is 0 Å². The Bertz CT molecular complexity index is 258. The van der Waals surface area contributed by atoms with Gasteiger partial charge in [0.15, 0.2) is 6.29 Å². The fourth-order valence-electron chi connectivity index (χ4n) is 0.911. The monoisotopic (exact) mass is 166 g/mol. The highest BCUT2D eigenvalue weighted by molar-refractivity contribution is 5.63. The molecule has 0 saturated heterocycles. The zero-order valence-electron chi connectivity index (χ0n) is 6.73. The summed E-state index contributed by atoms with van der Waals surface area (Å²) < 4.78 is 4.66. The van der Waals surface area contributed by atoms with Gasteiger partial charge in [0, 0.05) is 12.7 Å². The number of aldehydes is 1. The molecule has 0 bridgehead atoms. The second kappa shape index (κ2) is 3.47. The molecule has 3 nitrogen and oxygen atoms in total. The first-order chi connectivity index (χ1) is 5.73. The largest absolute Gasteiger partial charge is 0.356 e. The first-order valence-electron chi connectivity index (χ1n) is 3.52. The zero-order chi connectivity index (χ0) is 9.03. The van der Waals surface area contributed by atoms with Gasteiger partial charge in [-0.3, -0.25) is 4.79 Å².